The molecule has 1 heterocycles. The van der Waals surface area contributed by atoms with Crippen molar-refractivity contribution in [1.29, 1.82) is 0 Å². The van der Waals surface area contributed by atoms with Crippen molar-refractivity contribution >= 4 is 35.6 Å². The highest BCUT2D eigenvalue weighted by Crippen LogP contribution is 2.64. The molecule has 62 heavy (non-hydrogen) atoms. The van der Waals surface area contributed by atoms with Crippen LogP contribution in [0.2, 0.25) is 0 Å². The van der Waals surface area contributed by atoms with Gasteiger partial charge in [-0.2, -0.15) is 0 Å². The van der Waals surface area contributed by atoms with Gasteiger partial charge in [0.05, 0.1) is 30.2 Å². The van der Waals surface area contributed by atoms with Crippen molar-refractivity contribution in [3.05, 3.63) is 119 Å². The lowest BCUT2D eigenvalue weighted by Crippen LogP contribution is -2.82. The average Bonchev–Trinajstić information content (AvgIpc) is 3.22. The standard InChI is InChI=1S/C47H51NO14/c1-25-32(60-43(56)35(52)34(28-16-10-7-11-17-28)48-41(54)29-18-12-8-13-19-29)23-47(57)40(61-42(55)30-20-14-9-15-21-30)37-45(6,22-31(51)39-46(37,24-58-39)62-27(3)50)38(53)36(59-26(2)49)33(25)44(47,4)5/h7-21,31-32,34-37,39-40,51-52,57H,22-24H2,1-6H3,(H,48,54)/t31-,32-,34-,35+,36+,37?,39+,40-,45+,46+,47+/m0/s1. The molecule has 3 fully saturated rings. The van der Waals surface area contributed by atoms with Crippen LogP contribution in [0, 0.1) is 16.7 Å². The van der Waals surface area contributed by atoms with Crippen molar-refractivity contribution in [3.63, 3.8) is 0 Å². The van der Waals surface area contributed by atoms with Gasteiger partial charge in [0.15, 0.2) is 23.6 Å². The number of ether oxygens (including phenoxy) is 5. The molecule has 1 unspecified atom stereocenters. The fourth-order valence-electron chi connectivity index (χ4n) is 10.3. The molecule has 3 aromatic rings. The summed E-state index contributed by atoms with van der Waals surface area (Å²) >= 11 is 0. The Morgan fingerprint density at radius 3 is 1.94 bits per heavy atom. The molecule has 0 aromatic heterocycles. The minimum absolute atomic E-state index is 0.0270. The second-order valence-electron chi connectivity index (χ2n) is 17.4. The lowest BCUT2D eigenvalue weighted by Gasteiger charge is -2.67. The van der Waals surface area contributed by atoms with E-state index in [1.54, 1.807) is 92.7 Å². The molecule has 4 aliphatic rings. The van der Waals surface area contributed by atoms with Crippen molar-refractivity contribution in [2.75, 3.05) is 6.61 Å². The maximum atomic E-state index is 15.5. The highest BCUT2D eigenvalue weighted by atomic mass is 16.6. The highest BCUT2D eigenvalue weighted by Gasteiger charge is 2.78. The van der Waals surface area contributed by atoms with Crippen molar-refractivity contribution in [2.24, 2.45) is 16.7 Å². The molecule has 1 saturated heterocycles. The van der Waals surface area contributed by atoms with Crippen LogP contribution in [0.5, 0.6) is 0 Å². The number of benzene rings is 3. The number of aliphatic hydroxyl groups excluding tert-OH is 2. The van der Waals surface area contributed by atoms with E-state index in [0.717, 1.165) is 13.8 Å². The minimum atomic E-state index is -2.36. The first-order valence-corrected chi connectivity index (χ1v) is 20.5. The van der Waals surface area contributed by atoms with E-state index in [9.17, 15) is 39.3 Å². The summed E-state index contributed by atoms with van der Waals surface area (Å²) in [6.07, 6.45) is -10.5. The summed E-state index contributed by atoms with van der Waals surface area (Å²) in [6, 6.07) is 23.0. The second kappa shape index (κ2) is 16.5. The first kappa shape index (κ1) is 44.3. The van der Waals surface area contributed by atoms with Gasteiger partial charge in [-0.1, -0.05) is 87.5 Å². The molecule has 3 aromatic carbocycles. The van der Waals surface area contributed by atoms with Gasteiger partial charge in [-0.25, -0.2) is 9.59 Å². The second-order valence-corrected chi connectivity index (χ2v) is 17.4. The Balaban J connectivity index is 1.38. The van der Waals surface area contributed by atoms with E-state index in [1.165, 1.54) is 26.0 Å². The Labute approximate surface area is 358 Å². The van der Waals surface area contributed by atoms with Crippen LogP contribution in [0.25, 0.3) is 0 Å². The summed E-state index contributed by atoms with van der Waals surface area (Å²) in [7, 11) is 0. The molecule has 11 atom stereocenters. The molecule has 328 valence electrons. The van der Waals surface area contributed by atoms with Crippen molar-refractivity contribution < 1.29 is 67.8 Å². The molecule has 1 amide bonds. The highest BCUT2D eigenvalue weighted by molar-refractivity contribution is 5.96. The zero-order valence-electron chi connectivity index (χ0n) is 35.2. The van der Waals surface area contributed by atoms with Crippen LogP contribution in [0.4, 0.5) is 0 Å². The first-order chi connectivity index (χ1) is 29.3. The molecule has 1 aliphatic heterocycles. The topological polar surface area (TPSA) is 221 Å². The van der Waals surface area contributed by atoms with E-state index in [1.807, 2.05) is 0 Å². The molecule has 4 N–H and O–H groups in total. The molecule has 15 nitrogen and oxygen atoms in total. The predicted octanol–water partition coefficient (Wildman–Crippen LogP) is 3.74. The monoisotopic (exact) mass is 853 g/mol. The number of esters is 4. The van der Waals surface area contributed by atoms with Gasteiger partial charge in [0.1, 0.15) is 23.9 Å². The minimum Gasteiger partial charge on any atom is -0.456 e. The van der Waals surface area contributed by atoms with Crippen LogP contribution in [0.3, 0.4) is 0 Å². The summed E-state index contributed by atoms with van der Waals surface area (Å²) in [5.41, 5.74) is -6.79. The van der Waals surface area contributed by atoms with Gasteiger partial charge in [0.2, 0.25) is 0 Å². The van der Waals surface area contributed by atoms with Crippen LogP contribution in [0.1, 0.15) is 86.7 Å². The van der Waals surface area contributed by atoms with Crippen molar-refractivity contribution in [1.82, 2.24) is 5.32 Å². The smallest absolute Gasteiger partial charge is 0.338 e. The maximum Gasteiger partial charge on any atom is 0.338 e. The third-order valence-electron chi connectivity index (χ3n) is 13.3. The molecule has 2 saturated carbocycles. The van der Waals surface area contributed by atoms with Gasteiger partial charge < -0.3 is 44.3 Å². The van der Waals surface area contributed by atoms with E-state index in [0.29, 0.717) is 5.56 Å². The largest absolute Gasteiger partial charge is 0.456 e. The zero-order chi connectivity index (χ0) is 44.9. The van der Waals surface area contributed by atoms with Gasteiger partial charge >= 0.3 is 23.9 Å². The van der Waals surface area contributed by atoms with Gasteiger partial charge in [-0.3, -0.25) is 19.2 Å². The lowest BCUT2D eigenvalue weighted by molar-refractivity contribution is -0.352. The summed E-state index contributed by atoms with van der Waals surface area (Å²) in [6.45, 7) is 8.04. The van der Waals surface area contributed by atoms with Crippen molar-refractivity contribution in [2.45, 2.75) is 108 Å². The molecule has 15 heteroatoms. The lowest BCUT2D eigenvalue weighted by atomic mass is 9.45. The van der Waals surface area contributed by atoms with E-state index >= 15 is 4.79 Å². The number of nitrogens with one attached hydrogen (secondary N) is 1. The summed E-state index contributed by atoms with van der Waals surface area (Å²) in [5.74, 6) is -6.64. The molecular formula is C47H51NO14. The first-order valence-electron chi connectivity index (χ1n) is 20.5. The Kier molecular flexibility index (Phi) is 11.8. The quantitative estimate of drug-likeness (QED) is 0.130. The molecule has 3 aliphatic carbocycles. The van der Waals surface area contributed by atoms with Gasteiger partial charge in [-0.15, -0.1) is 0 Å². The van der Waals surface area contributed by atoms with Gasteiger partial charge in [-0.05, 0) is 54.3 Å². The van der Waals surface area contributed by atoms with Crippen LogP contribution in [-0.2, 0) is 42.9 Å². The fraction of sp³-hybridized carbons (Fsp3) is 0.447. The third kappa shape index (κ3) is 7.40. The Bertz CT molecular complexity index is 2280. The number of carbonyl (C=O) groups excluding carboxylic acids is 6. The number of amides is 1. The van der Waals surface area contributed by atoms with E-state index < -0.39 is 113 Å². The molecule has 7 rings (SSSR count). The van der Waals surface area contributed by atoms with Crippen LogP contribution >= 0.6 is 0 Å². The molecule has 2 bridgehead atoms. The average molecular weight is 854 g/mol. The van der Waals surface area contributed by atoms with Crippen molar-refractivity contribution in [3.8, 4) is 0 Å². The zero-order valence-corrected chi connectivity index (χ0v) is 35.2. The van der Waals surface area contributed by atoms with Crippen LogP contribution in [-0.4, -0.2) is 105 Å². The molecule has 0 spiro atoms. The van der Waals surface area contributed by atoms with Gasteiger partial charge in [0.25, 0.3) is 5.91 Å². The fourth-order valence-corrected chi connectivity index (χ4v) is 10.3. The maximum absolute atomic E-state index is 15.5. The number of hydrogen-bond acceptors (Lipinski definition) is 14. The normalized spacial score (nSPS) is 31.9. The SMILES string of the molecule is CC(=O)O[C@H]1C(=O)[C@]2(C)C[C@H](O)[C@H]3OC[C@@]3(OC(C)=O)C2[C@H](OC(=O)c2ccccc2)[C@]2(O)C[C@H](OC(=O)[C@H](O)[C@@H](NC(=O)c3ccccc3)c3ccccc3)C(C)=C1C2(C)C. The summed E-state index contributed by atoms with van der Waals surface area (Å²) < 4.78 is 30.2. The van der Waals surface area contributed by atoms with E-state index in [4.69, 9.17) is 23.7 Å². The molecular weight excluding hydrogens is 803 g/mol. The number of Topliss-reactive ketones (excluding diaryl/α,β-unsaturated/α-hetero) is 1. The number of hydrogen-bond donors (Lipinski definition) is 4. The Hall–Kier alpha value is -5.74. The van der Waals surface area contributed by atoms with Crippen LogP contribution in [0.15, 0.2) is 102 Å². The van der Waals surface area contributed by atoms with Crippen LogP contribution < -0.4 is 5.32 Å². The van der Waals surface area contributed by atoms with E-state index in [-0.39, 0.29) is 35.3 Å². The van der Waals surface area contributed by atoms with E-state index in [2.05, 4.69) is 5.32 Å². The summed E-state index contributed by atoms with van der Waals surface area (Å²) in [5, 5.41) is 39.8. The van der Waals surface area contributed by atoms with Gasteiger partial charge in [0, 0.05) is 36.7 Å². The Morgan fingerprint density at radius 2 is 1.39 bits per heavy atom. The number of rotatable bonds is 10. The number of aliphatic hydroxyl groups is 3. The number of fused-ring (bicyclic) bond motifs is 5. The number of ketones is 1. The number of carbonyl (C=O) groups is 6. The summed E-state index contributed by atoms with van der Waals surface area (Å²) in [4.78, 5) is 83.4. The molecule has 0 radical (unpaired) electrons. The third-order valence-corrected chi connectivity index (χ3v) is 13.3. The Morgan fingerprint density at radius 1 is 0.806 bits per heavy atom. The predicted molar refractivity (Wildman–Crippen MR) is 218 cm³/mol.